The van der Waals surface area contributed by atoms with Gasteiger partial charge in [-0.05, 0) is 31.9 Å². The molecule has 6 heteroatoms. The van der Waals surface area contributed by atoms with Gasteiger partial charge < -0.3 is 10.2 Å². The molecular weight excluding hydrogens is 304 g/mol. The van der Waals surface area contributed by atoms with Crippen molar-refractivity contribution in [2.45, 2.75) is 38.9 Å². The smallest absolute Gasteiger partial charge is 0.131 e. The molecule has 0 saturated heterocycles. The van der Waals surface area contributed by atoms with Crippen LogP contribution in [-0.2, 0) is 20.1 Å². The van der Waals surface area contributed by atoms with Crippen LogP contribution in [0.25, 0.3) is 0 Å². The van der Waals surface area contributed by atoms with E-state index in [1.54, 1.807) is 11.3 Å². The standard InChI is InChI=1S/C15H21ClN4S/c1-10-13(8-17-11-4-5-11)15(20(3)18-10)19(2)9-12-6-7-14(16)21-12/h6-7,11,17H,4-5,8-9H2,1-3H3. The minimum absolute atomic E-state index is 0.707. The highest BCUT2D eigenvalue weighted by molar-refractivity contribution is 7.16. The van der Waals surface area contributed by atoms with Gasteiger partial charge in [-0.15, -0.1) is 11.3 Å². The van der Waals surface area contributed by atoms with Crippen molar-refractivity contribution in [2.75, 3.05) is 11.9 Å². The highest BCUT2D eigenvalue weighted by Gasteiger charge is 2.23. The van der Waals surface area contributed by atoms with Crippen LogP contribution in [0.15, 0.2) is 12.1 Å². The molecule has 0 unspecified atom stereocenters. The van der Waals surface area contributed by atoms with Gasteiger partial charge in [-0.2, -0.15) is 5.10 Å². The molecule has 2 aromatic heterocycles. The van der Waals surface area contributed by atoms with Gasteiger partial charge in [-0.3, -0.25) is 4.68 Å². The van der Waals surface area contributed by atoms with Crippen LogP contribution in [-0.4, -0.2) is 22.9 Å². The number of nitrogens with zero attached hydrogens (tertiary/aromatic N) is 3. The van der Waals surface area contributed by atoms with Crippen LogP contribution in [0.2, 0.25) is 4.34 Å². The normalized spacial score (nSPS) is 14.7. The maximum atomic E-state index is 6.02. The van der Waals surface area contributed by atoms with E-state index in [1.807, 2.05) is 17.8 Å². The van der Waals surface area contributed by atoms with Crippen molar-refractivity contribution in [2.24, 2.45) is 7.05 Å². The number of aryl methyl sites for hydroxylation is 2. The molecule has 1 aliphatic rings. The monoisotopic (exact) mass is 324 g/mol. The van der Waals surface area contributed by atoms with Crippen molar-refractivity contribution >= 4 is 28.8 Å². The number of thiophene rings is 1. The van der Waals surface area contributed by atoms with E-state index in [2.05, 4.69) is 35.4 Å². The first kappa shape index (κ1) is 14.9. The zero-order valence-corrected chi connectivity index (χ0v) is 14.3. The molecule has 21 heavy (non-hydrogen) atoms. The predicted octanol–water partition coefficient (Wildman–Crippen LogP) is 3.33. The molecule has 1 aliphatic carbocycles. The Morgan fingerprint density at radius 2 is 2.24 bits per heavy atom. The topological polar surface area (TPSA) is 33.1 Å². The summed E-state index contributed by atoms with van der Waals surface area (Å²) >= 11 is 7.66. The first-order valence-electron chi connectivity index (χ1n) is 7.26. The molecule has 0 aliphatic heterocycles. The third kappa shape index (κ3) is 3.42. The lowest BCUT2D eigenvalue weighted by atomic mass is 10.2. The van der Waals surface area contributed by atoms with Crippen molar-refractivity contribution < 1.29 is 0 Å². The molecule has 0 atom stereocenters. The fraction of sp³-hybridized carbons (Fsp3) is 0.533. The van der Waals surface area contributed by atoms with E-state index in [1.165, 1.54) is 29.1 Å². The molecule has 1 saturated carbocycles. The Labute approximate surface area is 134 Å². The maximum Gasteiger partial charge on any atom is 0.131 e. The fourth-order valence-corrected chi connectivity index (χ4v) is 3.79. The molecule has 0 spiro atoms. The lowest BCUT2D eigenvalue weighted by molar-refractivity contribution is 0.680. The largest absolute Gasteiger partial charge is 0.354 e. The van der Waals surface area contributed by atoms with E-state index in [4.69, 9.17) is 11.6 Å². The van der Waals surface area contributed by atoms with Crippen LogP contribution < -0.4 is 10.2 Å². The summed E-state index contributed by atoms with van der Waals surface area (Å²) in [7, 11) is 4.13. The zero-order valence-electron chi connectivity index (χ0n) is 12.7. The van der Waals surface area contributed by atoms with Crippen LogP contribution in [0.5, 0.6) is 0 Å². The van der Waals surface area contributed by atoms with Crippen LogP contribution in [0.3, 0.4) is 0 Å². The van der Waals surface area contributed by atoms with Gasteiger partial charge in [0, 0.05) is 37.1 Å². The second-order valence-corrected chi connectivity index (χ2v) is 7.53. The quantitative estimate of drug-likeness (QED) is 0.884. The Morgan fingerprint density at radius 1 is 1.48 bits per heavy atom. The molecule has 114 valence electrons. The van der Waals surface area contributed by atoms with E-state index in [0.29, 0.717) is 6.04 Å². The number of hydrogen-bond acceptors (Lipinski definition) is 4. The minimum atomic E-state index is 0.707. The number of halogens is 1. The van der Waals surface area contributed by atoms with E-state index in [-0.39, 0.29) is 0 Å². The van der Waals surface area contributed by atoms with Gasteiger partial charge in [-0.25, -0.2) is 0 Å². The molecule has 0 radical (unpaired) electrons. The van der Waals surface area contributed by atoms with Gasteiger partial charge in [-0.1, -0.05) is 11.6 Å². The van der Waals surface area contributed by atoms with Crippen molar-refractivity contribution in [3.05, 3.63) is 32.6 Å². The Bertz CT molecular complexity index is 630. The van der Waals surface area contributed by atoms with Gasteiger partial charge in [0.05, 0.1) is 16.6 Å². The molecule has 0 bridgehead atoms. The summed E-state index contributed by atoms with van der Waals surface area (Å²) in [6, 6.07) is 4.76. The summed E-state index contributed by atoms with van der Waals surface area (Å²) in [4.78, 5) is 3.52. The van der Waals surface area contributed by atoms with Gasteiger partial charge in [0.15, 0.2) is 0 Å². The van der Waals surface area contributed by atoms with Gasteiger partial charge in [0.1, 0.15) is 5.82 Å². The van der Waals surface area contributed by atoms with Gasteiger partial charge in [0.2, 0.25) is 0 Å². The minimum Gasteiger partial charge on any atom is -0.354 e. The summed E-state index contributed by atoms with van der Waals surface area (Å²) in [5.74, 6) is 1.19. The van der Waals surface area contributed by atoms with Crippen LogP contribution in [0, 0.1) is 6.92 Å². The summed E-state index contributed by atoms with van der Waals surface area (Å²) in [5.41, 5.74) is 2.41. The highest BCUT2D eigenvalue weighted by Crippen LogP contribution is 2.28. The van der Waals surface area contributed by atoms with Crippen molar-refractivity contribution in [1.29, 1.82) is 0 Å². The Morgan fingerprint density at radius 3 is 2.86 bits per heavy atom. The number of anilines is 1. The predicted molar refractivity (Wildman–Crippen MR) is 89.2 cm³/mol. The maximum absolute atomic E-state index is 6.02. The molecule has 2 heterocycles. The highest BCUT2D eigenvalue weighted by atomic mass is 35.5. The summed E-state index contributed by atoms with van der Waals surface area (Å²) in [6.45, 7) is 3.84. The number of nitrogens with one attached hydrogen (secondary N) is 1. The summed E-state index contributed by atoms with van der Waals surface area (Å²) < 4.78 is 2.82. The van der Waals surface area contributed by atoms with Crippen LogP contribution in [0.4, 0.5) is 5.82 Å². The summed E-state index contributed by atoms with van der Waals surface area (Å²) in [6.07, 6.45) is 2.61. The Balaban J connectivity index is 1.78. The second-order valence-electron chi connectivity index (χ2n) is 5.73. The van der Waals surface area contributed by atoms with E-state index in [0.717, 1.165) is 23.1 Å². The molecule has 1 N–H and O–H groups in total. The Kier molecular flexibility index (Phi) is 4.24. The van der Waals surface area contributed by atoms with Crippen molar-refractivity contribution in [1.82, 2.24) is 15.1 Å². The molecule has 2 aromatic rings. The fourth-order valence-electron chi connectivity index (χ4n) is 2.65. The molecule has 4 nitrogen and oxygen atoms in total. The molecule has 0 aromatic carbocycles. The summed E-state index contributed by atoms with van der Waals surface area (Å²) in [5, 5.41) is 8.18. The lowest BCUT2D eigenvalue weighted by Crippen LogP contribution is -2.23. The first-order chi connectivity index (χ1) is 10.0. The molecule has 1 fully saturated rings. The number of rotatable bonds is 6. The van der Waals surface area contributed by atoms with E-state index >= 15 is 0 Å². The van der Waals surface area contributed by atoms with Crippen LogP contribution in [0.1, 0.15) is 29.0 Å². The Hall–Kier alpha value is -1.04. The number of hydrogen-bond donors (Lipinski definition) is 1. The average Bonchev–Trinajstić information content (AvgIpc) is 3.09. The SMILES string of the molecule is Cc1nn(C)c(N(C)Cc2ccc(Cl)s2)c1CNC1CC1. The average molecular weight is 325 g/mol. The second kappa shape index (κ2) is 5.99. The van der Waals surface area contributed by atoms with Gasteiger partial charge in [0.25, 0.3) is 0 Å². The lowest BCUT2D eigenvalue weighted by Gasteiger charge is -2.20. The van der Waals surface area contributed by atoms with Crippen molar-refractivity contribution in [3.8, 4) is 0 Å². The molecular formula is C15H21ClN4S. The third-order valence-corrected chi connectivity index (χ3v) is 5.06. The molecule has 3 rings (SSSR count). The molecule has 0 amide bonds. The number of aromatic nitrogens is 2. The van der Waals surface area contributed by atoms with Crippen LogP contribution >= 0.6 is 22.9 Å². The van der Waals surface area contributed by atoms with E-state index in [9.17, 15) is 0 Å². The van der Waals surface area contributed by atoms with E-state index < -0.39 is 0 Å². The zero-order chi connectivity index (χ0) is 15.0. The third-order valence-electron chi connectivity index (χ3n) is 3.84. The first-order valence-corrected chi connectivity index (χ1v) is 8.45. The van der Waals surface area contributed by atoms with Gasteiger partial charge >= 0.3 is 0 Å². The van der Waals surface area contributed by atoms with Crippen molar-refractivity contribution in [3.63, 3.8) is 0 Å².